The molecule has 0 aromatic heterocycles. The van der Waals surface area contributed by atoms with Crippen molar-refractivity contribution in [3.05, 3.63) is 0 Å². The lowest BCUT2D eigenvalue weighted by Crippen LogP contribution is -2.38. The molecule has 84 valence electrons. The van der Waals surface area contributed by atoms with E-state index in [0.29, 0.717) is 0 Å². The van der Waals surface area contributed by atoms with Crippen LogP contribution < -0.4 is 5.73 Å². The summed E-state index contributed by atoms with van der Waals surface area (Å²) in [6.45, 7) is -0.118. The fourth-order valence-corrected chi connectivity index (χ4v) is 1.62. The number of hydrogen-bond acceptors (Lipinski definition) is 1. The van der Waals surface area contributed by atoms with Gasteiger partial charge < -0.3 is 5.73 Å². The van der Waals surface area contributed by atoms with E-state index in [2.05, 4.69) is 0 Å². The van der Waals surface area contributed by atoms with Crippen molar-refractivity contribution in [2.24, 2.45) is 23.5 Å². The second-order valence-electron chi connectivity index (χ2n) is 3.46. The van der Waals surface area contributed by atoms with E-state index in [1.165, 1.54) is 0 Å². The Labute approximate surface area is 76.3 Å². The van der Waals surface area contributed by atoms with E-state index in [-0.39, 0.29) is 13.0 Å². The fourth-order valence-electron chi connectivity index (χ4n) is 1.62. The van der Waals surface area contributed by atoms with Crippen LogP contribution in [0, 0.1) is 17.8 Å². The van der Waals surface area contributed by atoms with Crippen molar-refractivity contribution in [3.8, 4) is 0 Å². The SMILES string of the molecule is NC[C@@H]1C[C@H]1C(C(F)(F)F)C(F)(F)F. The minimum atomic E-state index is -5.22. The van der Waals surface area contributed by atoms with Crippen LogP contribution in [0.4, 0.5) is 26.3 Å². The van der Waals surface area contributed by atoms with Gasteiger partial charge in [0.05, 0.1) is 0 Å². The number of halogens is 6. The van der Waals surface area contributed by atoms with Gasteiger partial charge in [0, 0.05) is 0 Å². The quantitative estimate of drug-likeness (QED) is 0.711. The van der Waals surface area contributed by atoms with Crippen LogP contribution in [-0.2, 0) is 0 Å². The summed E-state index contributed by atoms with van der Waals surface area (Å²) in [7, 11) is 0. The summed E-state index contributed by atoms with van der Waals surface area (Å²) in [6.07, 6.45) is -10.5. The Kier molecular flexibility index (Phi) is 2.73. The molecular formula is C7H9F6N. The zero-order valence-electron chi connectivity index (χ0n) is 6.99. The highest BCUT2D eigenvalue weighted by atomic mass is 19.4. The molecule has 0 radical (unpaired) electrons. The molecule has 0 aliphatic heterocycles. The summed E-state index contributed by atoms with van der Waals surface area (Å²) in [5.74, 6) is -5.22. The van der Waals surface area contributed by atoms with Crippen molar-refractivity contribution in [3.63, 3.8) is 0 Å². The first-order valence-electron chi connectivity index (χ1n) is 4.01. The molecule has 1 fully saturated rings. The van der Waals surface area contributed by atoms with E-state index < -0.39 is 30.1 Å². The predicted molar refractivity (Wildman–Crippen MR) is 36.3 cm³/mol. The normalized spacial score (nSPS) is 28.3. The van der Waals surface area contributed by atoms with Crippen molar-refractivity contribution >= 4 is 0 Å². The van der Waals surface area contributed by atoms with Crippen LogP contribution in [0.25, 0.3) is 0 Å². The van der Waals surface area contributed by atoms with Gasteiger partial charge >= 0.3 is 12.4 Å². The van der Waals surface area contributed by atoms with E-state index in [1.807, 2.05) is 0 Å². The fraction of sp³-hybridized carbons (Fsp3) is 1.00. The molecule has 1 rings (SSSR count). The summed E-state index contributed by atoms with van der Waals surface area (Å²) in [6, 6.07) is 0. The van der Waals surface area contributed by atoms with Crippen molar-refractivity contribution < 1.29 is 26.3 Å². The van der Waals surface area contributed by atoms with Crippen LogP contribution >= 0.6 is 0 Å². The van der Waals surface area contributed by atoms with Gasteiger partial charge in [-0.05, 0) is 24.8 Å². The van der Waals surface area contributed by atoms with E-state index in [9.17, 15) is 26.3 Å². The third-order valence-corrected chi connectivity index (χ3v) is 2.41. The maximum Gasteiger partial charge on any atom is 0.400 e. The molecule has 2 atom stereocenters. The van der Waals surface area contributed by atoms with Gasteiger partial charge in [0.15, 0.2) is 5.92 Å². The molecule has 0 unspecified atom stereocenters. The van der Waals surface area contributed by atoms with Gasteiger partial charge in [0.2, 0.25) is 0 Å². The minimum absolute atomic E-state index is 0.0831. The van der Waals surface area contributed by atoms with Crippen molar-refractivity contribution in [1.82, 2.24) is 0 Å². The standard InChI is InChI=1S/C7H9F6N/c8-6(9,10)5(7(11,12)13)4-1-3(4)2-14/h3-5H,1-2,14H2/t3-,4+/m0/s1. The third kappa shape index (κ3) is 2.31. The van der Waals surface area contributed by atoms with Gasteiger partial charge in [0.25, 0.3) is 0 Å². The highest BCUT2D eigenvalue weighted by Gasteiger charge is 2.65. The Morgan fingerprint density at radius 2 is 1.50 bits per heavy atom. The molecule has 0 amide bonds. The van der Waals surface area contributed by atoms with Crippen molar-refractivity contribution in [2.75, 3.05) is 6.54 Å². The second kappa shape index (κ2) is 3.29. The summed E-state index contributed by atoms with van der Waals surface area (Å²) in [5, 5.41) is 0. The summed E-state index contributed by atoms with van der Waals surface area (Å²) in [5.41, 5.74) is 5.01. The van der Waals surface area contributed by atoms with Crippen LogP contribution in [0.2, 0.25) is 0 Å². The molecule has 1 nitrogen and oxygen atoms in total. The molecule has 0 saturated heterocycles. The van der Waals surface area contributed by atoms with Gasteiger partial charge in [-0.3, -0.25) is 0 Å². The van der Waals surface area contributed by atoms with Crippen molar-refractivity contribution in [2.45, 2.75) is 18.8 Å². The van der Waals surface area contributed by atoms with Crippen LogP contribution in [0.5, 0.6) is 0 Å². The van der Waals surface area contributed by atoms with Gasteiger partial charge in [-0.15, -0.1) is 0 Å². The number of hydrogen-bond donors (Lipinski definition) is 1. The maximum absolute atomic E-state index is 12.1. The Balaban J connectivity index is 2.76. The van der Waals surface area contributed by atoms with Gasteiger partial charge in [-0.25, -0.2) is 0 Å². The first-order valence-corrected chi connectivity index (χ1v) is 4.01. The summed E-state index contributed by atoms with van der Waals surface area (Å²) in [4.78, 5) is 0. The molecule has 7 heteroatoms. The molecule has 1 aliphatic carbocycles. The van der Waals surface area contributed by atoms with Gasteiger partial charge in [0.1, 0.15) is 0 Å². The van der Waals surface area contributed by atoms with Gasteiger partial charge in [-0.1, -0.05) is 0 Å². The molecule has 1 aliphatic rings. The van der Waals surface area contributed by atoms with E-state index in [0.717, 1.165) is 0 Å². The molecule has 0 aromatic carbocycles. The zero-order valence-corrected chi connectivity index (χ0v) is 6.99. The van der Waals surface area contributed by atoms with Crippen LogP contribution in [-0.4, -0.2) is 18.9 Å². The molecule has 0 spiro atoms. The van der Waals surface area contributed by atoms with E-state index in [1.54, 1.807) is 0 Å². The molecular weight excluding hydrogens is 212 g/mol. The number of nitrogens with two attached hydrogens (primary N) is 1. The highest BCUT2D eigenvalue weighted by Crippen LogP contribution is 2.55. The average molecular weight is 221 g/mol. The molecule has 0 bridgehead atoms. The smallest absolute Gasteiger partial charge is 0.330 e. The summed E-state index contributed by atoms with van der Waals surface area (Å²) >= 11 is 0. The first kappa shape index (κ1) is 11.6. The molecule has 14 heavy (non-hydrogen) atoms. The minimum Gasteiger partial charge on any atom is -0.330 e. The Morgan fingerprint density at radius 3 is 1.71 bits per heavy atom. The topological polar surface area (TPSA) is 26.0 Å². The number of alkyl halides is 6. The lowest BCUT2D eigenvalue weighted by atomic mass is 10.0. The average Bonchev–Trinajstić information content (AvgIpc) is 2.60. The molecule has 2 N–H and O–H groups in total. The Bertz CT molecular complexity index is 193. The highest BCUT2D eigenvalue weighted by molar-refractivity contribution is 4.97. The first-order chi connectivity index (χ1) is 6.18. The van der Waals surface area contributed by atoms with E-state index in [4.69, 9.17) is 5.73 Å². The largest absolute Gasteiger partial charge is 0.400 e. The predicted octanol–water partition coefficient (Wildman–Crippen LogP) is 2.32. The van der Waals surface area contributed by atoms with Gasteiger partial charge in [-0.2, -0.15) is 26.3 Å². The molecule has 0 heterocycles. The monoisotopic (exact) mass is 221 g/mol. The van der Waals surface area contributed by atoms with Crippen LogP contribution in [0.1, 0.15) is 6.42 Å². The second-order valence-corrected chi connectivity index (χ2v) is 3.46. The van der Waals surface area contributed by atoms with Crippen LogP contribution in [0.15, 0.2) is 0 Å². The third-order valence-electron chi connectivity index (χ3n) is 2.41. The summed E-state index contributed by atoms with van der Waals surface area (Å²) < 4.78 is 72.3. The van der Waals surface area contributed by atoms with E-state index >= 15 is 0 Å². The lowest BCUT2D eigenvalue weighted by molar-refractivity contribution is -0.291. The Morgan fingerprint density at radius 1 is 1.07 bits per heavy atom. The van der Waals surface area contributed by atoms with Crippen molar-refractivity contribution in [1.29, 1.82) is 0 Å². The van der Waals surface area contributed by atoms with Crippen LogP contribution in [0.3, 0.4) is 0 Å². The Hall–Kier alpha value is -0.460. The number of rotatable bonds is 2. The lowest BCUT2D eigenvalue weighted by Gasteiger charge is -2.22. The molecule has 1 saturated carbocycles. The zero-order chi connectivity index (χ0) is 11.1. The molecule has 0 aromatic rings. The maximum atomic E-state index is 12.1.